The van der Waals surface area contributed by atoms with E-state index in [1.807, 2.05) is 6.92 Å². The molecule has 1 aliphatic rings. The molecule has 1 heterocycles. The molecule has 0 aromatic carbocycles. The van der Waals surface area contributed by atoms with Crippen LogP contribution >= 0.6 is 0 Å². The first kappa shape index (κ1) is 15.8. The maximum atomic E-state index is 9.78. The molecule has 0 aromatic heterocycles. The summed E-state index contributed by atoms with van der Waals surface area (Å²) < 4.78 is 10.6. The average molecular weight is 264 g/mol. The van der Waals surface area contributed by atoms with Gasteiger partial charge in [0.05, 0.1) is 12.7 Å². The normalized spacial score (nSPS) is 36.8. The van der Waals surface area contributed by atoms with E-state index in [9.17, 15) is 15.3 Å². The minimum Gasteiger partial charge on any atom is -0.394 e. The maximum absolute atomic E-state index is 9.78. The van der Waals surface area contributed by atoms with Gasteiger partial charge in [-0.05, 0) is 26.2 Å². The van der Waals surface area contributed by atoms with Crippen LogP contribution in [-0.2, 0) is 9.47 Å². The average Bonchev–Trinajstić information content (AvgIpc) is 2.38. The number of aliphatic hydroxyl groups is 4. The quantitative estimate of drug-likeness (QED) is 0.442. The summed E-state index contributed by atoms with van der Waals surface area (Å²) in [6.45, 7) is 2.89. The van der Waals surface area contributed by atoms with Crippen molar-refractivity contribution in [1.29, 1.82) is 0 Å². The van der Waals surface area contributed by atoms with Gasteiger partial charge in [0.2, 0.25) is 0 Å². The summed E-state index contributed by atoms with van der Waals surface area (Å²) in [6.07, 6.45) is -2.81. The van der Waals surface area contributed by atoms with E-state index in [1.54, 1.807) is 0 Å². The highest BCUT2D eigenvalue weighted by atomic mass is 16.5. The standard InChI is InChI=1S/C12H24O6/c1-2-17-6-4-3-5-8-10(14)12(16)11(15)9(7-13)18-8/h8-16H,2-7H2,1H3/t8?,9-,10+,11+,12-/m1/s1. The molecule has 1 rings (SSSR count). The second kappa shape index (κ2) is 8.04. The van der Waals surface area contributed by atoms with Crippen molar-refractivity contribution in [3.05, 3.63) is 0 Å². The molecule has 108 valence electrons. The van der Waals surface area contributed by atoms with Crippen LogP contribution in [0.5, 0.6) is 0 Å². The largest absolute Gasteiger partial charge is 0.394 e. The van der Waals surface area contributed by atoms with E-state index in [2.05, 4.69) is 0 Å². The lowest BCUT2D eigenvalue weighted by Gasteiger charge is -2.40. The molecule has 6 heteroatoms. The Kier molecular flexibility index (Phi) is 7.06. The van der Waals surface area contributed by atoms with Gasteiger partial charge in [0, 0.05) is 13.2 Å². The zero-order valence-corrected chi connectivity index (χ0v) is 10.7. The second-order valence-electron chi connectivity index (χ2n) is 4.56. The smallest absolute Gasteiger partial charge is 0.111 e. The zero-order chi connectivity index (χ0) is 13.5. The van der Waals surface area contributed by atoms with Gasteiger partial charge in [-0.25, -0.2) is 0 Å². The second-order valence-corrected chi connectivity index (χ2v) is 4.56. The molecule has 0 amide bonds. The summed E-state index contributed by atoms with van der Waals surface area (Å²) in [6, 6.07) is 0. The molecule has 0 aromatic rings. The highest BCUT2D eigenvalue weighted by Crippen LogP contribution is 2.24. The van der Waals surface area contributed by atoms with Gasteiger partial charge in [-0.15, -0.1) is 0 Å². The van der Waals surface area contributed by atoms with E-state index in [-0.39, 0.29) is 6.61 Å². The molecule has 0 aliphatic carbocycles. The van der Waals surface area contributed by atoms with Gasteiger partial charge in [0.15, 0.2) is 0 Å². The predicted octanol–water partition coefficient (Wildman–Crippen LogP) is -0.964. The Hall–Kier alpha value is -0.240. The highest BCUT2D eigenvalue weighted by Gasteiger charge is 2.42. The monoisotopic (exact) mass is 264 g/mol. The third-order valence-corrected chi connectivity index (χ3v) is 3.22. The first-order valence-electron chi connectivity index (χ1n) is 6.50. The number of ether oxygens (including phenoxy) is 2. The first-order chi connectivity index (χ1) is 8.61. The van der Waals surface area contributed by atoms with Crippen molar-refractivity contribution in [2.24, 2.45) is 0 Å². The fraction of sp³-hybridized carbons (Fsp3) is 1.00. The number of hydrogen-bond acceptors (Lipinski definition) is 6. The minimum atomic E-state index is -1.27. The van der Waals surface area contributed by atoms with Crippen molar-refractivity contribution >= 4 is 0 Å². The molecular weight excluding hydrogens is 240 g/mol. The lowest BCUT2D eigenvalue weighted by molar-refractivity contribution is -0.230. The summed E-state index contributed by atoms with van der Waals surface area (Å²) in [4.78, 5) is 0. The Bertz CT molecular complexity index is 223. The van der Waals surface area contributed by atoms with Crippen molar-refractivity contribution in [2.45, 2.75) is 56.7 Å². The van der Waals surface area contributed by atoms with Crippen molar-refractivity contribution < 1.29 is 29.9 Å². The molecule has 0 bridgehead atoms. The van der Waals surface area contributed by atoms with Gasteiger partial charge in [-0.2, -0.15) is 0 Å². The molecule has 0 radical (unpaired) electrons. The topological polar surface area (TPSA) is 99.4 Å². The van der Waals surface area contributed by atoms with Crippen molar-refractivity contribution in [3.8, 4) is 0 Å². The third kappa shape index (κ3) is 4.15. The zero-order valence-electron chi connectivity index (χ0n) is 10.7. The molecule has 0 spiro atoms. The van der Waals surface area contributed by atoms with Gasteiger partial charge in [-0.1, -0.05) is 0 Å². The number of unbranched alkanes of at least 4 members (excludes halogenated alkanes) is 1. The third-order valence-electron chi connectivity index (χ3n) is 3.22. The lowest BCUT2D eigenvalue weighted by atomic mass is 9.92. The summed E-state index contributed by atoms with van der Waals surface area (Å²) in [5.41, 5.74) is 0. The highest BCUT2D eigenvalue weighted by molar-refractivity contribution is 4.91. The number of aliphatic hydroxyl groups excluding tert-OH is 4. The van der Waals surface area contributed by atoms with Crippen molar-refractivity contribution in [1.82, 2.24) is 0 Å². The molecule has 1 unspecified atom stereocenters. The van der Waals surface area contributed by atoms with E-state index < -0.39 is 30.5 Å². The number of hydrogen-bond donors (Lipinski definition) is 4. The Morgan fingerprint density at radius 2 is 1.67 bits per heavy atom. The van der Waals surface area contributed by atoms with E-state index >= 15 is 0 Å². The fourth-order valence-electron chi connectivity index (χ4n) is 2.11. The Morgan fingerprint density at radius 3 is 2.28 bits per heavy atom. The van der Waals surface area contributed by atoms with Crippen LogP contribution in [0.25, 0.3) is 0 Å². The molecular formula is C12H24O6. The van der Waals surface area contributed by atoms with Gasteiger partial charge in [0.1, 0.15) is 24.4 Å². The SMILES string of the molecule is CCOCCCCC1O[C@H](CO)[C@H](O)[C@H](O)[C@H]1O. The van der Waals surface area contributed by atoms with Gasteiger partial charge >= 0.3 is 0 Å². The molecule has 6 nitrogen and oxygen atoms in total. The van der Waals surface area contributed by atoms with Crippen LogP contribution in [-0.4, -0.2) is 70.8 Å². The fourth-order valence-corrected chi connectivity index (χ4v) is 2.11. The van der Waals surface area contributed by atoms with Crippen molar-refractivity contribution in [3.63, 3.8) is 0 Å². The molecule has 18 heavy (non-hydrogen) atoms. The number of rotatable bonds is 7. The summed E-state index contributed by atoms with van der Waals surface area (Å²) in [5.74, 6) is 0. The predicted molar refractivity (Wildman–Crippen MR) is 64.1 cm³/mol. The van der Waals surface area contributed by atoms with Crippen LogP contribution in [0.15, 0.2) is 0 Å². The van der Waals surface area contributed by atoms with Crippen molar-refractivity contribution in [2.75, 3.05) is 19.8 Å². The maximum Gasteiger partial charge on any atom is 0.111 e. The van der Waals surface area contributed by atoms with Gasteiger partial charge in [-0.3, -0.25) is 0 Å². The molecule has 1 aliphatic heterocycles. The molecule has 4 N–H and O–H groups in total. The summed E-state index contributed by atoms with van der Waals surface area (Å²) in [5, 5.41) is 38.0. The minimum absolute atomic E-state index is 0.375. The van der Waals surface area contributed by atoms with Gasteiger partial charge in [0.25, 0.3) is 0 Å². The van der Waals surface area contributed by atoms with Crippen LogP contribution in [0.4, 0.5) is 0 Å². The van der Waals surface area contributed by atoms with Crippen LogP contribution in [0.2, 0.25) is 0 Å². The van der Waals surface area contributed by atoms with Crippen LogP contribution in [0, 0.1) is 0 Å². The van der Waals surface area contributed by atoms with E-state index in [0.29, 0.717) is 19.6 Å². The summed E-state index contributed by atoms with van der Waals surface area (Å²) in [7, 11) is 0. The lowest BCUT2D eigenvalue weighted by Crippen LogP contribution is -2.58. The molecule has 1 saturated heterocycles. The Morgan fingerprint density at radius 1 is 1.00 bits per heavy atom. The van der Waals surface area contributed by atoms with Crippen LogP contribution < -0.4 is 0 Å². The molecule has 0 saturated carbocycles. The van der Waals surface area contributed by atoms with E-state index in [0.717, 1.165) is 12.8 Å². The summed E-state index contributed by atoms with van der Waals surface area (Å²) >= 11 is 0. The Balaban J connectivity index is 2.35. The van der Waals surface area contributed by atoms with Crippen LogP contribution in [0.1, 0.15) is 26.2 Å². The van der Waals surface area contributed by atoms with E-state index in [1.165, 1.54) is 0 Å². The molecule has 5 atom stereocenters. The Labute approximate surface area is 107 Å². The first-order valence-corrected chi connectivity index (χ1v) is 6.50. The molecule has 1 fully saturated rings. The van der Waals surface area contributed by atoms with Crippen LogP contribution in [0.3, 0.4) is 0 Å². The van der Waals surface area contributed by atoms with E-state index in [4.69, 9.17) is 14.6 Å². The van der Waals surface area contributed by atoms with Gasteiger partial charge < -0.3 is 29.9 Å².